The molecule has 0 amide bonds. The van der Waals surface area contributed by atoms with E-state index in [0.29, 0.717) is 39.4 Å². The summed E-state index contributed by atoms with van der Waals surface area (Å²) in [5.41, 5.74) is 9.46. The number of nitrogens with zero attached hydrogens (tertiary/aromatic N) is 1. The molecule has 1 aromatic heterocycles. The number of anilines is 1. The molecule has 5 rings (SSSR count). The number of pyridine rings is 1. The Balaban J connectivity index is 1.30. The van der Waals surface area contributed by atoms with Gasteiger partial charge in [0.15, 0.2) is 0 Å². The van der Waals surface area contributed by atoms with Crippen LogP contribution in [-0.4, -0.2) is 82.8 Å². The van der Waals surface area contributed by atoms with E-state index in [-0.39, 0.29) is 52.3 Å². The first kappa shape index (κ1) is 45.7. The number of hydrogen-bond donors (Lipinski definition) is 7. The summed E-state index contributed by atoms with van der Waals surface area (Å²) in [6, 6.07) is 23.3. The number of carboxylic acid groups (broad SMARTS) is 2. The Morgan fingerprint density at radius 3 is 2.05 bits per heavy atom. The van der Waals surface area contributed by atoms with Crippen molar-refractivity contribution in [1.82, 2.24) is 15.6 Å². The van der Waals surface area contributed by atoms with Gasteiger partial charge in [-0.05, 0) is 77.1 Å². The lowest BCUT2D eigenvalue weighted by Crippen LogP contribution is -2.31. The van der Waals surface area contributed by atoms with Crippen molar-refractivity contribution >= 4 is 40.8 Å². The summed E-state index contributed by atoms with van der Waals surface area (Å²) in [4.78, 5) is 26.0. The van der Waals surface area contributed by atoms with Crippen molar-refractivity contribution in [1.29, 1.82) is 0 Å². The third-order valence-electron chi connectivity index (χ3n) is 9.72. The number of benzene rings is 4. The maximum absolute atomic E-state index is 11.0. The number of halogens is 2. The van der Waals surface area contributed by atoms with Gasteiger partial charge in [-0.1, -0.05) is 65.7 Å². The summed E-state index contributed by atoms with van der Waals surface area (Å²) in [5.74, 6) is -0.706. The first-order chi connectivity index (χ1) is 28.8. The Hall–Kier alpha value is -5.41. The van der Waals surface area contributed by atoms with Gasteiger partial charge in [0.1, 0.15) is 37.1 Å². The highest BCUT2D eigenvalue weighted by Gasteiger charge is 2.17. The molecule has 0 aliphatic carbocycles. The minimum atomic E-state index is -1.09. The fraction of sp³-hybridized carbons (Fsp3) is 0.311. The summed E-state index contributed by atoms with van der Waals surface area (Å²) in [7, 11) is 1.81. The highest BCUT2D eigenvalue weighted by Crippen LogP contribution is 2.38. The second kappa shape index (κ2) is 22.3. The second-order valence-corrected chi connectivity index (χ2v) is 15.0. The van der Waals surface area contributed by atoms with E-state index in [1.807, 2.05) is 55.6 Å². The SMILES string of the molecule is CNc1cncc(COc2cc(OCc3cccc(-c4cccc(-c5ccc(OCCNC[C@@H](O)CC(=O)O)c(Cl)c5)c4C)c3C)c(Cl)cc2CNC[C@@H](O)CC(=O)O)c1. The number of nitrogens with one attached hydrogen (secondary N) is 3. The Morgan fingerprint density at radius 1 is 0.700 bits per heavy atom. The number of hydrogen-bond acceptors (Lipinski definition) is 11. The van der Waals surface area contributed by atoms with Crippen LogP contribution < -0.4 is 30.2 Å². The summed E-state index contributed by atoms with van der Waals surface area (Å²) in [6.07, 6.45) is 0.691. The van der Waals surface area contributed by atoms with E-state index in [4.69, 9.17) is 47.6 Å². The highest BCUT2D eigenvalue weighted by molar-refractivity contribution is 6.32. The molecule has 0 fully saturated rings. The molecule has 4 aromatic carbocycles. The molecule has 7 N–H and O–H groups in total. The molecule has 0 bridgehead atoms. The van der Waals surface area contributed by atoms with Crippen molar-refractivity contribution in [2.45, 2.75) is 58.7 Å². The largest absolute Gasteiger partial charge is 0.491 e. The highest BCUT2D eigenvalue weighted by atomic mass is 35.5. The molecule has 0 saturated heterocycles. The van der Waals surface area contributed by atoms with Crippen LogP contribution in [0.3, 0.4) is 0 Å². The van der Waals surface area contributed by atoms with Gasteiger partial charge in [-0.3, -0.25) is 14.6 Å². The van der Waals surface area contributed by atoms with Crippen molar-refractivity contribution in [3.05, 3.63) is 123 Å². The van der Waals surface area contributed by atoms with Gasteiger partial charge in [0.2, 0.25) is 0 Å². The van der Waals surface area contributed by atoms with Crippen LogP contribution in [0.15, 0.2) is 85.2 Å². The quantitative estimate of drug-likeness (QED) is 0.0325. The Bertz CT molecular complexity index is 2260. The zero-order chi connectivity index (χ0) is 43.2. The molecule has 0 saturated carbocycles. The number of aliphatic carboxylic acids is 2. The second-order valence-electron chi connectivity index (χ2n) is 14.2. The van der Waals surface area contributed by atoms with Crippen LogP contribution in [0.25, 0.3) is 22.3 Å². The predicted octanol–water partition coefficient (Wildman–Crippen LogP) is 7.27. The molecule has 0 aliphatic rings. The topological polar surface area (TPSA) is 192 Å². The van der Waals surface area contributed by atoms with Crippen molar-refractivity contribution in [2.75, 3.05) is 38.6 Å². The maximum atomic E-state index is 11.0. The Kier molecular flexibility index (Phi) is 16.9. The van der Waals surface area contributed by atoms with Crippen LogP contribution in [0.2, 0.25) is 10.0 Å². The number of carboxylic acids is 2. The smallest absolute Gasteiger partial charge is 0.306 e. The lowest BCUT2D eigenvalue weighted by atomic mass is 9.89. The zero-order valence-corrected chi connectivity index (χ0v) is 35.1. The molecule has 60 heavy (non-hydrogen) atoms. The van der Waals surface area contributed by atoms with Gasteiger partial charge in [-0.25, -0.2) is 0 Å². The lowest BCUT2D eigenvalue weighted by Gasteiger charge is -2.19. The molecule has 5 aromatic rings. The number of carbonyl (C=O) groups is 2. The van der Waals surface area contributed by atoms with E-state index in [1.165, 1.54) is 0 Å². The minimum absolute atomic E-state index is 0.0648. The van der Waals surface area contributed by atoms with Gasteiger partial charge in [0.05, 0.1) is 40.8 Å². The van der Waals surface area contributed by atoms with Crippen LogP contribution in [0.1, 0.15) is 40.7 Å². The lowest BCUT2D eigenvalue weighted by molar-refractivity contribution is -0.140. The molecule has 13 nitrogen and oxygen atoms in total. The van der Waals surface area contributed by atoms with Gasteiger partial charge in [0, 0.05) is 62.8 Å². The normalized spacial score (nSPS) is 12.1. The molecular weight excluding hydrogens is 811 g/mol. The third kappa shape index (κ3) is 13.0. The molecule has 0 spiro atoms. The molecule has 0 unspecified atom stereocenters. The number of aliphatic hydroxyl groups is 2. The standard InChI is InChI=1S/C45H50Cl2N4O9/c1-27-31(26-60-43-19-42(59-25-29-14-33(48-3)22-50-20-29)32(16-40(43)47)21-51-24-35(53)18-45(56)57)6-4-8-37(27)38-9-5-7-36(28(38)2)30-10-11-41(39(46)15-30)58-13-12-49-23-34(52)17-44(54)55/h4-11,14-16,19-20,22,34-35,48-49,51-53H,12-13,17-18,21,23-26H2,1-3H3,(H,54,55)(H,56,57)/t34-,35-/m0/s1. The minimum Gasteiger partial charge on any atom is -0.491 e. The predicted molar refractivity (Wildman–Crippen MR) is 232 cm³/mol. The third-order valence-corrected chi connectivity index (χ3v) is 10.3. The van der Waals surface area contributed by atoms with Crippen LogP contribution in [0, 0.1) is 13.8 Å². The molecular formula is C45H50Cl2N4O9. The molecule has 318 valence electrons. The van der Waals surface area contributed by atoms with Crippen LogP contribution in [0.4, 0.5) is 5.69 Å². The van der Waals surface area contributed by atoms with Crippen molar-refractivity contribution in [3.63, 3.8) is 0 Å². The Morgan fingerprint density at radius 2 is 1.35 bits per heavy atom. The fourth-order valence-electron chi connectivity index (χ4n) is 6.56. The summed E-state index contributed by atoms with van der Waals surface area (Å²) < 4.78 is 18.5. The summed E-state index contributed by atoms with van der Waals surface area (Å²) >= 11 is 13.4. The number of aliphatic hydroxyl groups excluding tert-OH is 2. The first-order valence-corrected chi connectivity index (χ1v) is 20.1. The van der Waals surface area contributed by atoms with Gasteiger partial charge < -0.3 is 50.6 Å². The maximum Gasteiger partial charge on any atom is 0.306 e. The van der Waals surface area contributed by atoms with E-state index < -0.39 is 24.1 Å². The molecule has 0 radical (unpaired) electrons. The Labute approximate surface area is 359 Å². The van der Waals surface area contributed by atoms with E-state index in [0.717, 1.165) is 50.2 Å². The van der Waals surface area contributed by atoms with Crippen LogP contribution in [0.5, 0.6) is 17.2 Å². The van der Waals surface area contributed by atoms with E-state index in [1.54, 1.807) is 24.5 Å². The van der Waals surface area contributed by atoms with Gasteiger partial charge in [-0.15, -0.1) is 0 Å². The van der Waals surface area contributed by atoms with Crippen LogP contribution >= 0.6 is 23.2 Å². The monoisotopic (exact) mass is 860 g/mol. The molecule has 1 heterocycles. The fourth-order valence-corrected chi connectivity index (χ4v) is 7.03. The van der Waals surface area contributed by atoms with Gasteiger partial charge in [0.25, 0.3) is 0 Å². The van der Waals surface area contributed by atoms with Gasteiger partial charge in [-0.2, -0.15) is 0 Å². The average Bonchev–Trinajstić information content (AvgIpc) is 3.20. The van der Waals surface area contributed by atoms with Crippen LogP contribution in [-0.2, 0) is 29.3 Å². The summed E-state index contributed by atoms with van der Waals surface area (Å²) in [6.45, 7) is 5.72. The average molecular weight is 862 g/mol. The molecule has 0 aliphatic heterocycles. The molecule has 15 heteroatoms. The zero-order valence-electron chi connectivity index (χ0n) is 33.6. The number of rotatable bonds is 23. The summed E-state index contributed by atoms with van der Waals surface area (Å²) in [5, 5.41) is 47.5. The number of ether oxygens (including phenoxy) is 3. The van der Waals surface area contributed by atoms with Crippen molar-refractivity contribution < 1.29 is 44.2 Å². The van der Waals surface area contributed by atoms with E-state index in [2.05, 4.69) is 46.9 Å². The van der Waals surface area contributed by atoms with Crippen molar-refractivity contribution in [2.24, 2.45) is 0 Å². The van der Waals surface area contributed by atoms with Gasteiger partial charge >= 0.3 is 11.9 Å². The van der Waals surface area contributed by atoms with E-state index in [9.17, 15) is 19.8 Å². The van der Waals surface area contributed by atoms with Crippen molar-refractivity contribution in [3.8, 4) is 39.5 Å². The molecule has 2 atom stereocenters. The number of aromatic nitrogens is 1. The first-order valence-electron chi connectivity index (χ1n) is 19.3. The van der Waals surface area contributed by atoms with E-state index >= 15 is 0 Å².